The van der Waals surface area contributed by atoms with E-state index in [1.165, 1.54) is 12.1 Å². The van der Waals surface area contributed by atoms with Crippen LogP contribution in [0.1, 0.15) is 11.1 Å². The predicted molar refractivity (Wildman–Crippen MR) is 117 cm³/mol. The van der Waals surface area contributed by atoms with Gasteiger partial charge < -0.3 is 0 Å². The van der Waals surface area contributed by atoms with Gasteiger partial charge in [-0.05, 0) is 18.2 Å². The Hall–Kier alpha value is -1.80. The molecule has 0 heterocycles. The van der Waals surface area contributed by atoms with E-state index in [1.807, 2.05) is 0 Å². The second-order valence-corrected chi connectivity index (χ2v) is 11.3. The highest BCUT2D eigenvalue weighted by atomic mass is 79.9. The molecule has 0 amide bonds. The molecular formula is C21H10Br2F9O2S. The molecule has 1 aliphatic carbocycles. The minimum atomic E-state index is -7.03. The van der Waals surface area contributed by atoms with E-state index in [0.29, 0.717) is 6.08 Å². The first-order chi connectivity index (χ1) is 15.9. The fourth-order valence-electron chi connectivity index (χ4n) is 3.22. The lowest BCUT2D eigenvalue weighted by Gasteiger charge is -2.34. The zero-order chi connectivity index (χ0) is 26.6. The van der Waals surface area contributed by atoms with Crippen molar-refractivity contribution < 1.29 is 47.9 Å². The van der Waals surface area contributed by atoms with Crippen molar-refractivity contribution in [1.29, 1.82) is 0 Å². The molecule has 14 heteroatoms. The third-order valence-corrected chi connectivity index (χ3v) is 8.28. The fraction of sp³-hybridized carbons (Fsp3) is 0.190. The SMILES string of the molecule is O=S(=O)(C1=CC(Br)(c2ccccc2F)[CH]C(Br)=C1c1ccccc1F)C(F)(F)C(F)(F)C(F)(F)F. The van der Waals surface area contributed by atoms with Crippen molar-refractivity contribution in [1.82, 2.24) is 0 Å². The highest BCUT2D eigenvalue weighted by molar-refractivity contribution is 9.12. The third-order valence-electron chi connectivity index (χ3n) is 4.94. The number of allylic oxidation sites excluding steroid dienone is 3. The summed E-state index contributed by atoms with van der Waals surface area (Å²) in [5, 5.41) is -6.73. The van der Waals surface area contributed by atoms with Gasteiger partial charge in [-0.2, -0.15) is 30.7 Å². The minimum absolute atomic E-state index is 0.313. The van der Waals surface area contributed by atoms with Crippen molar-refractivity contribution in [3.8, 4) is 0 Å². The molecule has 1 radical (unpaired) electrons. The lowest BCUT2D eigenvalue weighted by atomic mass is 9.87. The molecule has 2 aromatic carbocycles. The molecule has 1 unspecified atom stereocenters. The van der Waals surface area contributed by atoms with Gasteiger partial charge in [-0.3, -0.25) is 0 Å². The summed E-state index contributed by atoms with van der Waals surface area (Å²) in [5.74, 6) is -9.23. The van der Waals surface area contributed by atoms with Crippen LogP contribution in [0.4, 0.5) is 39.5 Å². The number of halogens is 11. The van der Waals surface area contributed by atoms with Gasteiger partial charge in [0.1, 0.15) is 11.6 Å². The Labute approximate surface area is 209 Å². The van der Waals surface area contributed by atoms with Gasteiger partial charge in [0.05, 0.1) is 9.23 Å². The first-order valence-corrected chi connectivity index (χ1v) is 12.2. The molecule has 3 rings (SSSR count). The predicted octanol–water partition coefficient (Wildman–Crippen LogP) is 7.67. The molecule has 1 aliphatic rings. The average Bonchev–Trinajstić information content (AvgIpc) is 2.73. The molecule has 2 aromatic rings. The van der Waals surface area contributed by atoms with Gasteiger partial charge in [0, 0.05) is 27.6 Å². The quantitative estimate of drug-likeness (QED) is 0.245. The second-order valence-electron chi connectivity index (χ2n) is 7.20. The van der Waals surface area contributed by atoms with Crippen LogP contribution in [-0.2, 0) is 14.2 Å². The zero-order valence-corrected chi connectivity index (χ0v) is 20.6. The van der Waals surface area contributed by atoms with E-state index >= 15 is 0 Å². The van der Waals surface area contributed by atoms with Gasteiger partial charge in [-0.1, -0.05) is 68.3 Å². The molecule has 1 atom stereocenters. The molecular weight excluding hydrogens is 647 g/mol. The molecule has 0 N–H and O–H groups in total. The van der Waals surface area contributed by atoms with Crippen LogP contribution in [0.25, 0.3) is 5.57 Å². The van der Waals surface area contributed by atoms with E-state index in [2.05, 4.69) is 31.9 Å². The van der Waals surface area contributed by atoms with Crippen LogP contribution < -0.4 is 0 Å². The molecule has 0 saturated heterocycles. The Morgan fingerprint density at radius 1 is 0.800 bits per heavy atom. The van der Waals surface area contributed by atoms with E-state index in [0.717, 1.165) is 42.8 Å². The Balaban J connectivity index is 2.39. The number of benzene rings is 2. The molecule has 0 fully saturated rings. The maximum atomic E-state index is 14.6. The largest absolute Gasteiger partial charge is 0.461 e. The van der Waals surface area contributed by atoms with E-state index in [-0.39, 0.29) is 0 Å². The summed E-state index contributed by atoms with van der Waals surface area (Å²) < 4.78 is 147. The summed E-state index contributed by atoms with van der Waals surface area (Å²) in [6, 6.07) is 8.45. The molecule has 0 spiro atoms. The lowest BCUT2D eigenvalue weighted by Crippen LogP contribution is -2.56. The first-order valence-electron chi connectivity index (χ1n) is 9.13. The van der Waals surface area contributed by atoms with Crippen LogP contribution in [0.3, 0.4) is 0 Å². The topological polar surface area (TPSA) is 34.1 Å². The molecule has 0 aromatic heterocycles. The van der Waals surface area contributed by atoms with E-state index in [1.54, 1.807) is 0 Å². The zero-order valence-electron chi connectivity index (χ0n) is 16.7. The molecule has 0 saturated carbocycles. The monoisotopic (exact) mass is 655 g/mol. The van der Waals surface area contributed by atoms with Crippen molar-refractivity contribution in [3.05, 3.63) is 93.2 Å². The average molecular weight is 657 g/mol. The number of hydrogen-bond acceptors (Lipinski definition) is 2. The molecule has 0 aliphatic heterocycles. The Bertz CT molecular complexity index is 1330. The standard InChI is InChI=1S/C21H10Br2F9O2S/c22-13-9-18(23,12-6-2-4-8-15(12)25)10-16(17(13)11-5-1-3-7-14(11)24)35(33,34)21(31,32)19(26,27)20(28,29)30/h1-10H. The van der Waals surface area contributed by atoms with Crippen molar-refractivity contribution in [2.45, 2.75) is 21.7 Å². The van der Waals surface area contributed by atoms with Crippen LogP contribution in [0, 0.1) is 18.1 Å². The molecule has 2 nitrogen and oxygen atoms in total. The van der Waals surface area contributed by atoms with Crippen LogP contribution in [0.2, 0.25) is 0 Å². The smallest absolute Gasteiger partial charge is 0.217 e. The van der Waals surface area contributed by atoms with Crippen LogP contribution in [0.5, 0.6) is 0 Å². The Morgan fingerprint density at radius 3 is 1.83 bits per heavy atom. The third kappa shape index (κ3) is 4.45. The van der Waals surface area contributed by atoms with Crippen molar-refractivity contribution >= 4 is 47.3 Å². The normalized spacial score (nSPS) is 20.1. The summed E-state index contributed by atoms with van der Waals surface area (Å²) >= 11 is 5.81. The Morgan fingerprint density at radius 2 is 1.31 bits per heavy atom. The first kappa shape index (κ1) is 27.8. The van der Waals surface area contributed by atoms with E-state index in [4.69, 9.17) is 0 Å². The summed E-state index contributed by atoms with van der Waals surface area (Å²) in [6.07, 6.45) is -5.64. The highest BCUT2D eigenvalue weighted by Gasteiger charge is 2.79. The van der Waals surface area contributed by atoms with Gasteiger partial charge >= 0.3 is 17.4 Å². The van der Waals surface area contributed by atoms with E-state index in [9.17, 15) is 47.9 Å². The lowest BCUT2D eigenvalue weighted by molar-refractivity contribution is -0.331. The number of hydrogen-bond donors (Lipinski definition) is 0. The van der Waals surface area contributed by atoms with Crippen LogP contribution in [-0.4, -0.2) is 25.8 Å². The molecule has 35 heavy (non-hydrogen) atoms. The molecule has 189 valence electrons. The summed E-state index contributed by atoms with van der Waals surface area (Å²) in [4.78, 5) is -1.79. The Kier molecular flexibility index (Phi) is 7.10. The van der Waals surface area contributed by atoms with Crippen LogP contribution >= 0.6 is 31.9 Å². The summed E-state index contributed by atoms with van der Waals surface area (Å²) in [7, 11) is -6.91. The van der Waals surface area contributed by atoms with Gasteiger partial charge in [0.15, 0.2) is 0 Å². The van der Waals surface area contributed by atoms with Gasteiger partial charge in [-0.25, -0.2) is 17.2 Å². The number of sulfone groups is 1. The fourth-order valence-corrected chi connectivity index (χ4v) is 6.93. The van der Waals surface area contributed by atoms with Crippen molar-refractivity contribution in [2.24, 2.45) is 0 Å². The summed E-state index contributed by atoms with van der Waals surface area (Å²) in [5.41, 5.74) is -2.07. The number of alkyl halides is 8. The van der Waals surface area contributed by atoms with Crippen molar-refractivity contribution in [3.63, 3.8) is 0 Å². The maximum Gasteiger partial charge on any atom is 0.461 e. The van der Waals surface area contributed by atoms with Gasteiger partial charge in [-0.15, -0.1) is 0 Å². The minimum Gasteiger partial charge on any atom is -0.217 e. The second kappa shape index (κ2) is 8.94. The van der Waals surface area contributed by atoms with E-state index < -0.39 is 69.2 Å². The van der Waals surface area contributed by atoms with Crippen LogP contribution in [0.15, 0.2) is 64.0 Å². The highest BCUT2D eigenvalue weighted by Crippen LogP contribution is 2.56. The maximum absolute atomic E-state index is 14.6. The summed E-state index contributed by atoms with van der Waals surface area (Å²) in [6.45, 7) is 0. The van der Waals surface area contributed by atoms with Gasteiger partial charge in [0.25, 0.3) is 9.84 Å². The van der Waals surface area contributed by atoms with Crippen molar-refractivity contribution in [2.75, 3.05) is 0 Å². The molecule has 0 bridgehead atoms. The number of rotatable bonds is 5. The van der Waals surface area contributed by atoms with Gasteiger partial charge in [0.2, 0.25) is 0 Å².